The van der Waals surface area contributed by atoms with Gasteiger partial charge in [-0.3, -0.25) is 0 Å². The molecule has 1 aliphatic rings. The van der Waals surface area contributed by atoms with Crippen LogP contribution in [0.1, 0.15) is 12.8 Å². The molecule has 1 N–H and O–H groups in total. The van der Waals surface area contributed by atoms with E-state index in [1.807, 2.05) is 4.72 Å². The molecule has 0 bridgehead atoms. The third-order valence-corrected chi connectivity index (χ3v) is 4.26. The summed E-state index contributed by atoms with van der Waals surface area (Å²) in [5.41, 5.74) is -1.71. The number of alkyl halides is 2. The molecule has 0 atom stereocenters. The number of benzene rings is 1. The van der Waals surface area contributed by atoms with Crippen molar-refractivity contribution in [2.45, 2.75) is 29.7 Å². The molecule has 1 aromatic rings. The molecule has 1 aromatic carbocycles. The highest BCUT2D eigenvalue weighted by Gasteiger charge is 2.54. The van der Waals surface area contributed by atoms with Crippen LogP contribution in [-0.4, -0.2) is 20.4 Å². The molecule has 94 valence electrons. The van der Waals surface area contributed by atoms with Gasteiger partial charge in [-0.05, 0) is 25.0 Å². The van der Waals surface area contributed by atoms with Crippen molar-refractivity contribution in [2.24, 2.45) is 0 Å². The Hall–Kier alpha value is -1.08. The highest BCUT2D eigenvalue weighted by molar-refractivity contribution is 7.89. The van der Waals surface area contributed by atoms with E-state index < -0.39 is 32.7 Å². The number of sulfonamides is 1. The van der Waals surface area contributed by atoms with E-state index in [0.29, 0.717) is 0 Å². The zero-order valence-electron chi connectivity index (χ0n) is 8.66. The van der Waals surface area contributed by atoms with E-state index in [1.54, 1.807) is 0 Å². The lowest BCUT2D eigenvalue weighted by Gasteiger charge is -2.16. The van der Waals surface area contributed by atoms with E-state index in [4.69, 9.17) is 0 Å². The van der Waals surface area contributed by atoms with E-state index in [1.165, 1.54) is 12.1 Å². The summed E-state index contributed by atoms with van der Waals surface area (Å²) in [5, 5.41) is 0. The van der Waals surface area contributed by atoms with Crippen molar-refractivity contribution in [3.05, 3.63) is 30.1 Å². The Kier molecular flexibility index (Phi) is 2.90. The summed E-state index contributed by atoms with van der Waals surface area (Å²) in [5.74, 6) is -0.954. The number of halogens is 3. The van der Waals surface area contributed by atoms with Gasteiger partial charge >= 0.3 is 0 Å². The van der Waals surface area contributed by atoms with Gasteiger partial charge in [0.15, 0.2) is 0 Å². The zero-order valence-corrected chi connectivity index (χ0v) is 9.48. The van der Waals surface area contributed by atoms with Crippen molar-refractivity contribution >= 4 is 10.0 Å². The second kappa shape index (κ2) is 3.99. The first-order valence-electron chi connectivity index (χ1n) is 4.94. The van der Waals surface area contributed by atoms with Crippen LogP contribution in [0.15, 0.2) is 29.2 Å². The molecular formula is C10H10F3NO2S. The van der Waals surface area contributed by atoms with Gasteiger partial charge in [-0.15, -0.1) is 0 Å². The van der Waals surface area contributed by atoms with Crippen molar-refractivity contribution in [1.29, 1.82) is 0 Å². The van der Waals surface area contributed by atoms with E-state index in [0.717, 1.165) is 12.1 Å². The minimum atomic E-state index is -4.24. The summed E-state index contributed by atoms with van der Waals surface area (Å²) >= 11 is 0. The van der Waals surface area contributed by atoms with Gasteiger partial charge in [0.2, 0.25) is 10.0 Å². The molecule has 17 heavy (non-hydrogen) atoms. The summed E-state index contributed by atoms with van der Waals surface area (Å²) < 4.78 is 63.8. The summed E-state index contributed by atoms with van der Waals surface area (Å²) in [6, 6.07) is 4.67. The zero-order chi connectivity index (χ0) is 12.7. The normalized spacial score (nSPS) is 18.4. The predicted octanol–water partition coefficient (Wildman–Crippen LogP) is 1.90. The van der Waals surface area contributed by atoms with Gasteiger partial charge in [0.25, 0.3) is 6.43 Å². The second-order valence-electron chi connectivity index (χ2n) is 3.99. The predicted molar refractivity (Wildman–Crippen MR) is 54.7 cm³/mol. The average Bonchev–Trinajstić information content (AvgIpc) is 2.98. The lowest BCUT2D eigenvalue weighted by atomic mass is 10.3. The fraction of sp³-hybridized carbons (Fsp3) is 0.400. The second-order valence-corrected chi connectivity index (χ2v) is 5.64. The molecule has 2 rings (SSSR count). The largest absolute Gasteiger partial charge is 0.257 e. The molecule has 3 nitrogen and oxygen atoms in total. The van der Waals surface area contributed by atoms with Gasteiger partial charge in [0, 0.05) is 0 Å². The minimum Gasteiger partial charge on any atom is -0.208 e. The molecule has 0 spiro atoms. The lowest BCUT2D eigenvalue weighted by Crippen LogP contribution is -2.42. The first kappa shape index (κ1) is 12.4. The monoisotopic (exact) mass is 265 g/mol. The third-order valence-electron chi connectivity index (χ3n) is 2.67. The summed E-state index contributed by atoms with van der Waals surface area (Å²) in [4.78, 5) is -0.605. The maximum Gasteiger partial charge on any atom is 0.257 e. The van der Waals surface area contributed by atoms with E-state index in [-0.39, 0.29) is 12.8 Å². The molecule has 0 aliphatic heterocycles. The molecule has 0 aromatic heterocycles. The van der Waals surface area contributed by atoms with Gasteiger partial charge < -0.3 is 0 Å². The Bertz CT molecular complexity index is 526. The molecule has 0 amide bonds. The van der Waals surface area contributed by atoms with Crippen molar-refractivity contribution in [3.8, 4) is 0 Å². The van der Waals surface area contributed by atoms with Crippen molar-refractivity contribution in [3.63, 3.8) is 0 Å². The SMILES string of the molecule is O=S(=O)(NC1(C(F)F)CC1)c1ccccc1F. The van der Waals surface area contributed by atoms with Crippen LogP contribution in [-0.2, 0) is 10.0 Å². The maximum absolute atomic E-state index is 13.3. The lowest BCUT2D eigenvalue weighted by molar-refractivity contribution is 0.0970. The van der Waals surface area contributed by atoms with Gasteiger partial charge in [0.05, 0.1) is 5.54 Å². The maximum atomic E-state index is 13.3. The van der Waals surface area contributed by atoms with E-state index in [2.05, 4.69) is 0 Å². The van der Waals surface area contributed by atoms with Gasteiger partial charge in [-0.1, -0.05) is 12.1 Å². The Labute approximate surface area is 96.7 Å². The molecule has 0 heterocycles. The molecule has 0 radical (unpaired) electrons. The van der Waals surface area contributed by atoms with Crippen LogP contribution < -0.4 is 4.72 Å². The molecule has 0 unspecified atom stereocenters. The molecule has 1 saturated carbocycles. The van der Waals surface area contributed by atoms with Gasteiger partial charge in [-0.2, -0.15) is 4.72 Å². The average molecular weight is 265 g/mol. The summed E-state index contributed by atoms with van der Waals surface area (Å²) in [6.07, 6.45) is -2.65. The van der Waals surface area contributed by atoms with Crippen molar-refractivity contribution < 1.29 is 21.6 Å². The molecule has 1 fully saturated rings. The van der Waals surface area contributed by atoms with E-state index >= 15 is 0 Å². The topological polar surface area (TPSA) is 46.2 Å². The van der Waals surface area contributed by atoms with Crippen LogP contribution in [0.4, 0.5) is 13.2 Å². The molecule has 1 aliphatic carbocycles. The standard InChI is InChI=1S/C10H10F3NO2S/c11-7-3-1-2-4-8(7)17(15,16)14-10(5-6-10)9(12)13/h1-4,9,14H,5-6H2. The number of hydrogen-bond acceptors (Lipinski definition) is 2. The fourth-order valence-electron chi connectivity index (χ4n) is 1.48. The third kappa shape index (κ3) is 2.30. The quantitative estimate of drug-likeness (QED) is 0.903. The summed E-state index contributed by atoms with van der Waals surface area (Å²) in [7, 11) is -4.24. The summed E-state index contributed by atoms with van der Waals surface area (Å²) in [6.45, 7) is 0. The first-order chi connectivity index (χ1) is 7.87. The van der Waals surface area contributed by atoms with Crippen LogP contribution in [0.3, 0.4) is 0 Å². The number of hydrogen-bond donors (Lipinski definition) is 1. The minimum absolute atomic E-state index is 0.0678. The van der Waals surface area contributed by atoms with Crippen LogP contribution in [0.25, 0.3) is 0 Å². The Morgan fingerprint density at radius 3 is 2.29 bits per heavy atom. The molecular weight excluding hydrogens is 255 g/mol. The first-order valence-corrected chi connectivity index (χ1v) is 6.42. The highest BCUT2D eigenvalue weighted by atomic mass is 32.2. The Morgan fingerprint density at radius 1 is 1.24 bits per heavy atom. The molecule has 0 saturated heterocycles. The number of nitrogens with one attached hydrogen (secondary N) is 1. The number of rotatable bonds is 4. The van der Waals surface area contributed by atoms with Gasteiger partial charge in [-0.25, -0.2) is 21.6 Å². The van der Waals surface area contributed by atoms with Gasteiger partial charge in [0.1, 0.15) is 10.7 Å². The van der Waals surface area contributed by atoms with Crippen molar-refractivity contribution in [1.82, 2.24) is 4.72 Å². The van der Waals surface area contributed by atoms with Crippen LogP contribution >= 0.6 is 0 Å². The van der Waals surface area contributed by atoms with Crippen LogP contribution in [0, 0.1) is 5.82 Å². The molecule has 7 heteroatoms. The van der Waals surface area contributed by atoms with E-state index in [9.17, 15) is 21.6 Å². The fourth-order valence-corrected chi connectivity index (χ4v) is 3.01. The van der Waals surface area contributed by atoms with Crippen LogP contribution in [0.2, 0.25) is 0 Å². The highest BCUT2D eigenvalue weighted by Crippen LogP contribution is 2.42. The Morgan fingerprint density at radius 2 is 1.82 bits per heavy atom. The van der Waals surface area contributed by atoms with Crippen molar-refractivity contribution in [2.75, 3.05) is 0 Å². The smallest absolute Gasteiger partial charge is 0.208 e. The Balaban J connectivity index is 2.30. The van der Waals surface area contributed by atoms with Crippen LogP contribution in [0.5, 0.6) is 0 Å².